The van der Waals surface area contributed by atoms with Gasteiger partial charge in [-0.1, -0.05) is 59.7 Å². The second-order valence-electron chi connectivity index (χ2n) is 9.59. The molecule has 0 unspecified atom stereocenters. The van der Waals surface area contributed by atoms with E-state index in [0.29, 0.717) is 6.04 Å². The van der Waals surface area contributed by atoms with Gasteiger partial charge >= 0.3 is 0 Å². The van der Waals surface area contributed by atoms with Crippen molar-refractivity contribution in [1.29, 1.82) is 0 Å². The van der Waals surface area contributed by atoms with Crippen molar-refractivity contribution in [3.05, 3.63) is 106 Å². The van der Waals surface area contributed by atoms with Crippen LogP contribution in [0.3, 0.4) is 0 Å². The summed E-state index contributed by atoms with van der Waals surface area (Å²) in [6, 6.07) is 22.8. The molecule has 2 heteroatoms. The van der Waals surface area contributed by atoms with E-state index in [2.05, 4.69) is 118 Å². The Hall–Kier alpha value is -3.26. The lowest BCUT2D eigenvalue weighted by atomic mass is 9.84. The van der Waals surface area contributed by atoms with E-state index in [1.165, 1.54) is 60.9 Å². The van der Waals surface area contributed by atoms with E-state index < -0.39 is 0 Å². The van der Waals surface area contributed by atoms with Gasteiger partial charge in [0.1, 0.15) is 0 Å². The molecular weight excluding hydrogens is 388 g/mol. The van der Waals surface area contributed by atoms with Gasteiger partial charge < -0.3 is 9.55 Å². The molecule has 2 heterocycles. The zero-order valence-electron chi connectivity index (χ0n) is 20.0. The maximum atomic E-state index is 3.54. The number of para-hydroxylation sites is 1. The monoisotopic (exact) mass is 420 g/mol. The zero-order valence-corrected chi connectivity index (χ0v) is 20.0. The van der Waals surface area contributed by atoms with Crippen LogP contribution in [0.25, 0.3) is 21.8 Å². The first-order valence-corrected chi connectivity index (χ1v) is 11.6. The van der Waals surface area contributed by atoms with Gasteiger partial charge in [-0.2, -0.15) is 0 Å². The molecule has 0 aliphatic carbocycles. The first-order valence-electron chi connectivity index (χ1n) is 11.6. The second kappa shape index (κ2) is 7.70. The van der Waals surface area contributed by atoms with Crippen LogP contribution in [0.4, 0.5) is 0 Å². The summed E-state index contributed by atoms with van der Waals surface area (Å²) < 4.78 is 2.57. The van der Waals surface area contributed by atoms with Crippen LogP contribution < -0.4 is 0 Å². The average Bonchev–Trinajstić information content (AvgIpc) is 3.28. The van der Waals surface area contributed by atoms with E-state index in [9.17, 15) is 0 Å². The Kier molecular flexibility index (Phi) is 4.97. The normalized spacial score (nSPS) is 12.8. The molecule has 1 atom stereocenters. The van der Waals surface area contributed by atoms with Crippen LogP contribution in [0.15, 0.2) is 66.9 Å². The molecule has 0 aliphatic heterocycles. The fraction of sp³-hybridized carbons (Fsp3) is 0.267. The van der Waals surface area contributed by atoms with Crippen LogP contribution >= 0.6 is 0 Å². The predicted molar refractivity (Wildman–Crippen MR) is 137 cm³/mol. The number of rotatable bonds is 4. The maximum Gasteiger partial charge on any atom is 0.0517 e. The molecule has 0 fully saturated rings. The summed E-state index contributed by atoms with van der Waals surface area (Å²) in [5.74, 6) is 0.152. The standard InChI is InChI=1S/C30H32N2/c1-18(2)32-27-13-9-10-21(5)28(27)22(6)30(32)29(23-15-19(3)14-20(4)16-23)25-17-31-26-12-8-7-11-24(25)26/h7-18,29,31H,1-6H3/t29-/m0/s1. The number of fused-ring (bicyclic) bond motifs is 2. The Bertz CT molecular complexity index is 1420. The molecule has 3 aromatic carbocycles. The summed E-state index contributed by atoms with van der Waals surface area (Å²) in [4.78, 5) is 3.54. The van der Waals surface area contributed by atoms with Crippen molar-refractivity contribution in [2.75, 3.05) is 0 Å². The van der Waals surface area contributed by atoms with Crippen LogP contribution in [0, 0.1) is 27.7 Å². The third-order valence-corrected chi connectivity index (χ3v) is 6.83. The van der Waals surface area contributed by atoms with Gasteiger partial charge in [-0.05, 0) is 75.9 Å². The zero-order chi connectivity index (χ0) is 22.6. The van der Waals surface area contributed by atoms with Crippen molar-refractivity contribution >= 4 is 21.8 Å². The number of hydrogen-bond donors (Lipinski definition) is 1. The van der Waals surface area contributed by atoms with Crippen LogP contribution in [-0.2, 0) is 0 Å². The van der Waals surface area contributed by atoms with E-state index in [4.69, 9.17) is 0 Å². The van der Waals surface area contributed by atoms with Gasteiger partial charge in [0, 0.05) is 39.7 Å². The summed E-state index contributed by atoms with van der Waals surface area (Å²) in [5, 5.41) is 2.69. The predicted octanol–water partition coefficient (Wildman–Crippen LogP) is 8.12. The number of aryl methyl sites for hydroxylation is 4. The van der Waals surface area contributed by atoms with Crippen LogP contribution in [0.2, 0.25) is 0 Å². The van der Waals surface area contributed by atoms with Gasteiger partial charge in [0.05, 0.1) is 5.92 Å². The quantitative estimate of drug-likeness (QED) is 0.303. The Morgan fingerprint density at radius 2 is 1.53 bits per heavy atom. The van der Waals surface area contributed by atoms with Crippen molar-refractivity contribution < 1.29 is 0 Å². The minimum atomic E-state index is 0.152. The van der Waals surface area contributed by atoms with E-state index in [1.54, 1.807) is 0 Å². The summed E-state index contributed by atoms with van der Waals surface area (Å²) in [6.45, 7) is 13.6. The minimum absolute atomic E-state index is 0.152. The molecule has 5 aromatic rings. The molecule has 0 spiro atoms. The summed E-state index contributed by atoms with van der Waals surface area (Å²) in [5.41, 5.74) is 12.0. The SMILES string of the molecule is Cc1cc(C)cc([C@@H](c2c[nH]c3ccccc23)c2c(C)c3c(C)cccc3n2C(C)C)c1. The number of nitrogens with zero attached hydrogens (tertiary/aromatic N) is 1. The number of aromatic amines is 1. The smallest absolute Gasteiger partial charge is 0.0517 e. The third-order valence-electron chi connectivity index (χ3n) is 6.83. The second-order valence-corrected chi connectivity index (χ2v) is 9.59. The summed E-state index contributed by atoms with van der Waals surface area (Å²) >= 11 is 0. The van der Waals surface area contributed by atoms with E-state index >= 15 is 0 Å². The van der Waals surface area contributed by atoms with Crippen molar-refractivity contribution in [2.24, 2.45) is 0 Å². The van der Waals surface area contributed by atoms with Crippen molar-refractivity contribution in [3.8, 4) is 0 Å². The molecule has 5 rings (SSSR count). The first kappa shape index (κ1) is 20.6. The van der Waals surface area contributed by atoms with Crippen molar-refractivity contribution in [1.82, 2.24) is 9.55 Å². The lowest BCUT2D eigenvalue weighted by Gasteiger charge is -2.25. The molecule has 2 nitrogen and oxygen atoms in total. The molecule has 32 heavy (non-hydrogen) atoms. The Balaban J connectivity index is 1.92. The highest BCUT2D eigenvalue weighted by Gasteiger charge is 2.29. The lowest BCUT2D eigenvalue weighted by molar-refractivity contribution is 0.587. The fourth-order valence-corrected chi connectivity index (χ4v) is 5.69. The van der Waals surface area contributed by atoms with Crippen molar-refractivity contribution in [3.63, 3.8) is 0 Å². The number of nitrogens with one attached hydrogen (secondary N) is 1. The summed E-state index contributed by atoms with van der Waals surface area (Å²) in [7, 11) is 0. The number of hydrogen-bond acceptors (Lipinski definition) is 0. The van der Waals surface area contributed by atoms with E-state index in [1.807, 2.05) is 0 Å². The Labute approximate surface area is 190 Å². The first-order chi connectivity index (χ1) is 15.4. The fourth-order valence-electron chi connectivity index (χ4n) is 5.69. The van der Waals surface area contributed by atoms with Gasteiger partial charge in [-0.3, -0.25) is 0 Å². The average molecular weight is 421 g/mol. The lowest BCUT2D eigenvalue weighted by Crippen LogP contribution is -2.13. The van der Waals surface area contributed by atoms with Gasteiger partial charge in [-0.25, -0.2) is 0 Å². The van der Waals surface area contributed by atoms with Gasteiger partial charge in [-0.15, -0.1) is 0 Å². The topological polar surface area (TPSA) is 20.7 Å². The van der Waals surface area contributed by atoms with Gasteiger partial charge in [0.2, 0.25) is 0 Å². The molecule has 0 saturated heterocycles. The molecule has 0 radical (unpaired) electrons. The number of H-pyrrole nitrogens is 1. The molecule has 0 aliphatic rings. The molecule has 0 bridgehead atoms. The Morgan fingerprint density at radius 1 is 0.812 bits per heavy atom. The van der Waals surface area contributed by atoms with Crippen LogP contribution in [0.1, 0.15) is 64.9 Å². The minimum Gasteiger partial charge on any atom is -0.361 e. The van der Waals surface area contributed by atoms with Crippen molar-refractivity contribution in [2.45, 2.75) is 53.5 Å². The molecule has 0 amide bonds. The molecule has 2 aromatic heterocycles. The highest BCUT2D eigenvalue weighted by molar-refractivity contribution is 5.90. The maximum absolute atomic E-state index is 3.54. The highest BCUT2D eigenvalue weighted by atomic mass is 15.0. The molecular formula is C30H32N2. The van der Waals surface area contributed by atoms with Gasteiger partial charge in [0.25, 0.3) is 0 Å². The third kappa shape index (κ3) is 3.17. The van der Waals surface area contributed by atoms with E-state index in [-0.39, 0.29) is 5.92 Å². The van der Waals surface area contributed by atoms with Crippen LogP contribution in [-0.4, -0.2) is 9.55 Å². The molecule has 162 valence electrons. The Morgan fingerprint density at radius 3 is 2.25 bits per heavy atom. The van der Waals surface area contributed by atoms with Crippen LogP contribution in [0.5, 0.6) is 0 Å². The number of aromatic nitrogens is 2. The summed E-state index contributed by atoms with van der Waals surface area (Å²) in [6.07, 6.45) is 2.22. The highest BCUT2D eigenvalue weighted by Crippen LogP contribution is 2.43. The number of benzene rings is 3. The molecule has 1 N–H and O–H groups in total. The van der Waals surface area contributed by atoms with E-state index in [0.717, 1.165) is 0 Å². The van der Waals surface area contributed by atoms with Gasteiger partial charge in [0.15, 0.2) is 0 Å². The largest absolute Gasteiger partial charge is 0.361 e. The molecule has 0 saturated carbocycles.